The summed E-state index contributed by atoms with van der Waals surface area (Å²) in [6.45, 7) is 5.42. The zero-order valence-corrected chi connectivity index (χ0v) is 10.2. The molecule has 0 atom stereocenters. The molecule has 94 valence electrons. The Morgan fingerprint density at radius 2 is 2.12 bits per heavy atom. The summed E-state index contributed by atoms with van der Waals surface area (Å²) in [5, 5.41) is 0. The molecular formula is C12H18N2O3. The number of ether oxygens (including phenoxy) is 2. The molecule has 1 aromatic carbocycles. The molecule has 0 saturated carbocycles. The Morgan fingerprint density at radius 3 is 2.71 bits per heavy atom. The number of rotatable bonds is 6. The van der Waals surface area contributed by atoms with E-state index < -0.39 is 0 Å². The lowest BCUT2D eigenvalue weighted by Gasteiger charge is -2.11. The van der Waals surface area contributed by atoms with Gasteiger partial charge in [-0.2, -0.15) is 0 Å². The monoisotopic (exact) mass is 238 g/mol. The van der Waals surface area contributed by atoms with Crippen LogP contribution in [0.3, 0.4) is 0 Å². The highest BCUT2D eigenvalue weighted by atomic mass is 16.5. The van der Waals surface area contributed by atoms with Gasteiger partial charge < -0.3 is 9.47 Å². The average molecular weight is 238 g/mol. The zero-order chi connectivity index (χ0) is 12.7. The van der Waals surface area contributed by atoms with E-state index in [4.69, 9.17) is 15.3 Å². The molecule has 0 spiro atoms. The summed E-state index contributed by atoms with van der Waals surface area (Å²) < 4.78 is 10.8. The van der Waals surface area contributed by atoms with Crippen LogP contribution in [-0.4, -0.2) is 19.1 Å². The molecule has 1 amide bonds. The van der Waals surface area contributed by atoms with Crippen molar-refractivity contribution in [1.82, 2.24) is 5.43 Å². The van der Waals surface area contributed by atoms with Crippen LogP contribution in [0.15, 0.2) is 18.2 Å². The maximum absolute atomic E-state index is 11.4. The second kappa shape index (κ2) is 6.88. The summed E-state index contributed by atoms with van der Waals surface area (Å²) in [7, 11) is 0. The van der Waals surface area contributed by atoms with Crippen molar-refractivity contribution in [2.75, 3.05) is 13.2 Å². The molecule has 0 radical (unpaired) electrons. The maximum atomic E-state index is 11.4. The fraction of sp³-hybridized carbons (Fsp3) is 0.417. The molecule has 0 fully saturated rings. The van der Waals surface area contributed by atoms with Gasteiger partial charge in [-0.1, -0.05) is 0 Å². The predicted molar refractivity (Wildman–Crippen MR) is 64.6 cm³/mol. The van der Waals surface area contributed by atoms with Gasteiger partial charge in [-0.3, -0.25) is 10.2 Å². The van der Waals surface area contributed by atoms with E-state index in [0.717, 1.165) is 11.3 Å². The van der Waals surface area contributed by atoms with E-state index in [0.29, 0.717) is 25.4 Å². The van der Waals surface area contributed by atoms with E-state index in [1.165, 1.54) is 0 Å². The lowest BCUT2D eigenvalue weighted by atomic mass is 10.1. The fourth-order valence-electron chi connectivity index (χ4n) is 1.43. The molecule has 0 bridgehead atoms. The lowest BCUT2D eigenvalue weighted by molar-refractivity contribution is 0.0953. The fourth-order valence-corrected chi connectivity index (χ4v) is 1.43. The van der Waals surface area contributed by atoms with Crippen molar-refractivity contribution >= 4 is 5.91 Å². The minimum atomic E-state index is -0.328. The average Bonchev–Trinajstić information content (AvgIpc) is 2.37. The SMILES string of the molecule is CCOCc1cc(C(=O)NN)ccc1OCC. The van der Waals surface area contributed by atoms with Crippen LogP contribution < -0.4 is 16.0 Å². The molecule has 0 aliphatic rings. The Bertz CT molecular complexity index is 380. The Morgan fingerprint density at radius 1 is 1.35 bits per heavy atom. The lowest BCUT2D eigenvalue weighted by Crippen LogP contribution is -2.30. The van der Waals surface area contributed by atoms with Gasteiger partial charge in [-0.25, -0.2) is 5.84 Å². The predicted octanol–water partition coefficient (Wildman–Crippen LogP) is 1.23. The highest BCUT2D eigenvalue weighted by molar-refractivity contribution is 5.94. The van der Waals surface area contributed by atoms with Crippen LogP contribution in [0.4, 0.5) is 0 Å². The van der Waals surface area contributed by atoms with Crippen LogP contribution in [0, 0.1) is 0 Å². The summed E-state index contributed by atoms with van der Waals surface area (Å²) in [4.78, 5) is 11.4. The van der Waals surface area contributed by atoms with Gasteiger partial charge in [0.15, 0.2) is 0 Å². The van der Waals surface area contributed by atoms with Crippen LogP contribution >= 0.6 is 0 Å². The number of amides is 1. The molecule has 17 heavy (non-hydrogen) atoms. The summed E-state index contributed by atoms with van der Waals surface area (Å²) in [6.07, 6.45) is 0. The van der Waals surface area contributed by atoms with E-state index >= 15 is 0 Å². The number of nitrogen functional groups attached to an aromatic ring is 1. The number of benzene rings is 1. The Hall–Kier alpha value is -1.59. The van der Waals surface area contributed by atoms with Crippen LogP contribution in [0.25, 0.3) is 0 Å². The molecule has 0 heterocycles. The topological polar surface area (TPSA) is 73.6 Å². The third-order valence-corrected chi connectivity index (χ3v) is 2.22. The van der Waals surface area contributed by atoms with Gasteiger partial charge in [0.1, 0.15) is 5.75 Å². The molecule has 5 nitrogen and oxygen atoms in total. The Labute approximate surface area is 101 Å². The number of hydrogen-bond donors (Lipinski definition) is 2. The van der Waals surface area contributed by atoms with Crippen molar-refractivity contribution in [3.05, 3.63) is 29.3 Å². The second-order valence-electron chi connectivity index (χ2n) is 3.37. The minimum absolute atomic E-state index is 0.328. The first kappa shape index (κ1) is 13.5. The smallest absolute Gasteiger partial charge is 0.265 e. The van der Waals surface area contributed by atoms with Gasteiger partial charge in [0.05, 0.1) is 13.2 Å². The van der Waals surface area contributed by atoms with Gasteiger partial charge in [0.2, 0.25) is 0 Å². The van der Waals surface area contributed by atoms with E-state index in [1.807, 2.05) is 13.8 Å². The standard InChI is InChI=1S/C12H18N2O3/c1-3-16-8-10-7-9(12(15)14-13)5-6-11(10)17-4-2/h5-7H,3-4,8,13H2,1-2H3,(H,14,15). The van der Waals surface area contributed by atoms with Crippen LogP contribution in [0.2, 0.25) is 0 Å². The largest absolute Gasteiger partial charge is 0.494 e. The highest BCUT2D eigenvalue weighted by Crippen LogP contribution is 2.21. The number of hydrogen-bond acceptors (Lipinski definition) is 4. The van der Waals surface area contributed by atoms with Crippen LogP contribution in [0.5, 0.6) is 5.75 Å². The zero-order valence-electron chi connectivity index (χ0n) is 10.2. The minimum Gasteiger partial charge on any atom is -0.494 e. The number of carbonyl (C=O) groups is 1. The van der Waals surface area contributed by atoms with Gasteiger partial charge in [0.25, 0.3) is 5.91 Å². The van der Waals surface area contributed by atoms with E-state index in [9.17, 15) is 4.79 Å². The second-order valence-corrected chi connectivity index (χ2v) is 3.37. The summed E-state index contributed by atoms with van der Waals surface area (Å²) in [5.41, 5.74) is 3.43. The van der Waals surface area contributed by atoms with Gasteiger partial charge in [0, 0.05) is 17.7 Å². The van der Waals surface area contributed by atoms with Gasteiger partial charge in [-0.15, -0.1) is 0 Å². The summed E-state index contributed by atoms with van der Waals surface area (Å²) >= 11 is 0. The molecule has 0 unspecified atom stereocenters. The van der Waals surface area contributed by atoms with Crippen molar-refractivity contribution in [3.8, 4) is 5.75 Å². The molecule has 0 aliphatic heterocycles. The molecule has 1 aromatic rings. The quantitative estimate of drug-likeness (QED) is 0.444. The third kappa shape index (κ3) is 3.72. The first-order chi connectivity index (χ1) is 8.22. The van der Waals surface area contributed by atoms with E-state index in [2.05, 4.69) is 5.43 Å². The third-order valence-electron chi connectivity index (χ3n) is 2.22. The van der Waals surface area contributed by atoms with Gasteiger partial charge >= 0.3 is 0 Å². The van der Waals surface area contributed by atoms with E-state index in [1.54, 1.807) is 18.2 Å². The van der Waals surface area contributed by atoms with Gasteiger partial charge in [-0.05, 0) is 32.0 Å². The Kier molecular flexibility index (Phi) is 5.45. The molecule has 0 saturated heterocycles. The molecule has 1 rings (SSSR count). The Balaban J connectivity index is 2.96. The summed E-state index contributed by atoms with van der Waals surface area (Å²) in [5.74, 6) is 5.49. The number of carbonyl (C=O) groups excluding carboxylic acids is 1. The van der Waals surface area contributed by atoms with Crippen molar-refractivity contribution in [2.24, 2.45) is 5.84 Å². The van der Waals surface area contributed by atoms with Crippen molar-refractivity contribution in [2.45, 2.75) is 20.5 Å². The highest BCUT2D eigenvalue weighted by Gasteiger charge is 2.09. The summed E-state index contributed by atoms with van der Waals surface area (Å²) in [6, 6.07) is 5.15. The first-order valence-electron chi connectivity index (χ1n) is 5.57. The van der Waals surface area contributed by atoms with Crippen LogP contribution in [0.1, 0.15) is 29.8 Å². The molecular weight excluding hydrogens is 220 g/mol. The normalized spacial score (nSPS) is 10.1. The van der Waals surface area contributed by atoms with E-state index in [-0.39, 0.29) is 5.91 Å². The number of hydrazine groups is 1. The van der Waals surface area contributed by atoms with Crippen molar-refractivity contribution < 1.29 is 14.3 Å². The number of nitrogens with one attached hydrogen (secondary N) is 1. The van der Waals surface area contributed by atoms with Crippen LogP contribution in [-0.2, 0) is 11.3 Å². The molecule has 0 aliphatic carbocycles. The van der Waals surface area contributed by atoms with Crippen molar-refractivity contribution in [3.63, 3.8) is 0 Å². The molecule has 5 heteroatoms. The molecule has 0 aromatic heterocycles. The van der Waals surface area contributed by atoms with Crippen molar-refractivity contribution in [1.29, 1.82) is 0 Å². The number of nitrogens with two attached hydrogens (primary N) is 1. The first-order valence-corrected chi connectivity index (χ1v) is 5.57. The maximum Gasteiger partial charge on any atom is 0.265 e. The molecule has 3 N–H and O–H groups in total.